The van der Waals surface area contributed by atoms with Gasteiger partial charge in [-0.15, -0.1) is 0 Å². The molecule has 4 rings (SSSR count). The van der Waals surface area contributed by atoms with Crippen molar-refractivity contribution >= 4 is 39.9 Å². The van der Waals surface area contributed by atoms with E-state index in [-0.39, 0.29) is 5.69 Å². The van der Waals surface area contributed by atoms with E-state index in [1.807, 2.05) is 29.3 Å². The van der Waals surface area contributed by atoms with Gasteiger partial charge in [0.25, 0.3) is 5.69 Å². The lowest BCUT2D eigenvalue weighted by molar-refractivity contribution is -0.384. The highest BCUT2D eigenvalue weighted by atomic mass is 16.6. The van der Waals surface area contributed by atoms with Gasteiger partial charge in [-0.1, -0.05) is 12.1 Å². The number of aromatic nitrogens is 1. The molecule has 0 fully saturated rings. The molecule has 2 aromatic carbocycles. The van der Waals surface area contributed by atoms with Gasteiger partial charge in [-0.25, -0.2) is 4.79 Å². The van der Waals surface area contributed by atoms with Crippen LogP contribution in [0.3, 0.4) is 0 Å². The number of nitro benzene ring substituents is 1. The number of ether oxygens (including phenoxy) is 2. The molecule has 0 bridgehead atoms. The van der Waals surface area contributed by atoms with Crippen molar-refractivity contribution in [3.8, 4) is 5.75 Å². The third-order valence-electron chi connectivity index (χ3n) is 5.59. The Bertz CT molecular complexity index is 1240. The van der Waals surface area contributed by atoms with Gasteiger partial charge in [0.2, 0.25) is 0 Å². The zero-order valence-electron chi connectivity index (χ0n) is 17.8. The summed E-state index contributed by atoms with van der Waals surface area (Å²) in [7, 11) is 2.93. The lowest BCUT2D eigenvalue weighted by Gasteiger charge is -2.28. The number of benzene rings is 2. The van der Waals surface area contributed by atoms with Crippen molar-refractivity contribution in [2.75, 3.05) is 32.2 Å². The summed E-state index contributed by atoms with van der Waals surface area (Å²) in [6, 6.07) is 10.9. The number of anilines is 1. The molecule has 1 aliphatic heterocycles. The molecule has 1 aliphatic rings. The van der Waals surface area contributed by atoms with Crippen LogP contribution in [0.25, 0.3) is 22.6 Å². The molecule has 32 heavy (non-hydrogen) atoms. The Kier molecular flexibility index (Phi) is 5.93. The second-order valence-electron chi connectivity index (χ2n) is 7.40. The number of nitrogens with zero attached hydrogens (tertiary/aromatic N) is 2. The summed E-state index contributed by atoms with van der Waals surface area (Å²) in [6.45, 7) is 1.21. The second-order valence-corrected chi connectivity index (χ2v) is 7.40. The molecule has 1 N–H and O–H groups in total. The zero-order valence-corrected chi connectivity index (χ0v) is 17.8. The third kappa shape index (κ3) is 4.20. The summed E-state index contributed by atoms with van der Waals surface area (Å²) in [6.07, 6.45) is 7.61. The van der Waals surface area contributed by atoms with Crippen LogP contribution in [0.4, 0.5) is 11.4 Å². The maximum atomic E-state index is 11.7. The maximum absolute atomic E-state index is 11.7. The van der Waals surface area contributed by atoms with E-state index in [2.05, 4.69) is 15.8 Å². The molecule has 0 radical (unpaired) electrons. The number of esters is 1. The smallest absolute Gasteiger partial charge is 0.330 e. The summed E-state index contributed by atoms with van der Waals surface area (Å²) < 4.78 is 9.92. The first-order valence-corrected chi connectivity index (χ1v) is 10.1. The Morgan fingerprint density at radius 2 is 2.06 bits per heavy atom. The standard InChI is InChI=1S/C24H23N3O5/c1-31-18-5-6-21-19(14-18)20(15-25-21)17-9-11-26(12-10-17)22-7-3-16(4-8-24(28)32-2)13-23(22)27(29)30/h3-9,13-15,25H,10-12H2,1-2H3. The van der Waals surface area contributed by atoms with Gasteiger partial charge in [-0.2, -0.15) is 0 Å². The summed E-state index contributed by atoms with van der Waals surface area (Å²) in [4.78, 5) is 27.9. The molecule has 8 nitrogen and oxygen atoms in total. The molecule has 1 aromatic heterocycles. The molecule has 0 saturated carbocycles. The fraction of sp³-hybridized carbons (Fsp3) is 0.208. The van der Waals surface area contributed by atoms with Gasteiger partial charge < -0.3 is 19.4 Å². The second kappa shape index (κ2) is 8.97. The van der Waals surface area contributed by atoms with Gasteiger partial charge in [0.05, 0.1) is 19.1 Å². The molecular formula is C24H23N3O5. The minimum Gasteiger partial charge on any atom is -0.497 e. The van der Waals surface area contributed by atoms with E-state index in [1.165, 1.54) is 30.9 Å². The molecule has 164 valence electrons. The minimum atomic E-state index is -0.514. The molecule has 0 unspecified atom stereocenters. The van der Waals surface area contributed by atoms with Gasteiger partial charge in [-0.05, 0) is 47.9 Å². The zero-order chi connectivity index (χ0) is 22.7. The van der Waals surface area contributed by atoms with Gasteiger partial charge in [0.15, 0.2) is 0 Å². The molecule has 0 atom stereocenters. The quantitative estimate of drug-likeness (QED) is 0.265. The number of carbonyl (C=O) groups is 1. The van der Waals surface area contributed by atoms with E-state index in [0.717, 1.165) is 28.6 Å². The van der Waals surface area contributed by atoms with Crippen LogP contribution >= 0.6 is 0 Å². The fourth-order valence-corrected chi connectivity index (χ4v) is 3.92. The van der Waals surface area contributed by atoms with Crippen molar-refractivity contribution in [1.82, 2.24) is 4.98 Å². The normalized spacial score (nSPS) is 13.9. The van der Waals surface area contributed by atoms with Crippen LogP contribution in [0, 0.1) is 10.1 Å². The molecule has 0 spiro atoms. The van der Waals surface area contributed by atoms with Crippen molar-refractivity contribution in [1.29, 1.82) is 0 Å². The molecule has 3 aromatic rings. The Balaban J connectivity index is 1.59. The van der Waals surface area contributed by atoms with Crippen LogP contribution in [-0.4, -0.2) is 43.2 Å². The van der Waals surface area contributed by atoms with Crippen molar-refractivity contribution < 1.29 is 19.2 Å². The molecular weight excluding hydrogens is 410 g/mol. The highest BCUT2D eigenvalue weighted by molar-refractivity contribution is 5.94. The first-order chi connectivity index (χ1) is 15.5. The Labute approximate surface area is 184 Å². The number of H-pyrrole nitrogens is 1. The number of nitrogens with one attached hydrogen (secondary N) is 1. The average Bonchev–Trinajstić information content (AvgIpc) is 3.25. The van der Waals surface area contributed by atoms with Crippen LogP contribution in [0.1, 0.15) is 17.5 Å². The first-order valence-electron chi connectivity index (χ1n) is 10.1. The molecule has 8 heteroatoms. The fourth-order valence-electron chi connectivity index (χ4n) is 3.92. The number of carbonyl (C=O) groups excluding carboxylic acids is 1. The summed E-state index contributed by atoms with van der Waals surface area (Å²) in [5.41, 5.74) is 4.48. The molecule has 0 saturated heterocycles. The average molecular weight is 433 g/mol. The number of rotatable bonds is 6. The van der Waals surface area contributed by atoms with Crippen molar-refractivity contribution in [3.63, 3.8) is 0 Å². The van der Waals surface area contributed by atoms with Crippen LogP contribution in [-0.2, 0) is 9.53 Å². The number of nitro groups is 1. The van der Waals surface area contributed by atoms with Crippen molar-refractivity contribution in [2.45, 2.75) is 6.42 Å². The molecule has 2 heterocycles. The maximum Gasteiger partial charge on any atom is 0.330 e. The number of aromatic amines is 1. The lowest BCUT2D eigenvalue weighted by atomic mass is 9.98. The van der Waals surface area contributed by atoms with Gasteiger partial charge in [0.1, 0.15) is 11.4 Å². The number of hydrogen-bond donors (Lipinski definition) is 1. The van der Waals surface area contributed by atoms with Gasteiger partial charge in [0, 0.05) is 47.9 Å². The van der Waals surface area contributed by atoms with E-state index in [1.54, 1.807) is 19.2 Å². The molecule has 0 aliphatic carbocycles. The minimum absolute atomic E-state index is 0.00527. The number of hydrogen-bond acceptors (Lipinski definition) is 6. The predicted molar refractivity (Wildman–Crippen MR) is 124 cm³/mol. The largest absolute Gasteiger partial charge is 0.497 e. The van der Waals surface area contributed by atoms with Crippen LogP contribution in [0.5, 0.6) is 5.75 Å². The van der Waals surface area contributed by atoms with Gasteiger partial charge in [-0.3, -0.25) is 10.1 Å². The highest BCUT2D eigenvalue weighted by Crippen LogP contribution is 2.35. The summed E-state index contributed by atoms with van der Waals surface area (Å²) >= 11 is 0. The van der Waals surface area contributed by atoms with E-state index >= 15 is 0 Å². The van der Waals surface area contributed by atoms with E-state index in [9.17, 15) is 14.9 Å². The summed E-state index contributed by atoms with van der Waals surface area (Å²) in [5.74, 6) is 0.286. The van der Waals surface area contributed by atoms with Crippen LogP contribution in [0.15, 0.2) is 54.7 Å². The topological polar surface area (TPSA) is 97.7 Å². The number of fused-ring (bicyclic) bond motifs is 1. The van der Waals surface area contributed by atoms with Crippen molar-refractivity contribution in [2.24, 2.45) is 0 Å². The van der Waals surface area contributed by atoms with E-state index in [0.29, 0.717) is 24.3 Å². The Hall–Kier alpha value is -4.07. The van der Waals surface area contributed by atoms with Crippen LogP contribution in [0.2, 0.25) is 0 Å². The number of methoxy groups -OCH3 is 2. The first kappa shape index (κ1) is 21.2. The summed E-state index contributed by atoms with van der Waals surface area (Å²) in [5, 5.41) is 12.8. The van der Waals surface area contributed by atoms with E-state index < -0.39 is 10.9 Å². The van der Waals surface area contributed by atoms with Gasteiger partial charge >= 0.3 is 5.97 Å². The van der Waals surface area contributed by atoms with Crippen LogP contribution < -0.4 is 9.64 Å². The monoisotopic (exact) mass is 433 g/mol. The Morgan fingerprint density at radius 1 is 1.22 bits per heavy atom. The van der Waals surface area contributed by atoms with Crippen molar-refractivity contribution in [3.05, 3.63) is 76.0 Å². The Morgan fingerprint density at radius 3 is 2.75 bits per heavy atom. The molecule has 0 amide bonds. The third-order valence-corrected chi connectivity index (χ3v) is 5.59. The SMILES string of the molecule is COC(=O)C=Cc1ccc(N2CC=C(c3c[nH]c4ccc(OC)cc34)CC2)c([N+](=O)[O-])c1. The highest BCUT2D eigenvalue weighted by Gasteiger charge is 2.23. The predicted octanol–water partition coefficient (Wildman–Crippen LogP) is 4.56. The lowest BCUT2D eigenvalue weighted by Crippen LogP contribution is -2.28. The van der Waals surface area contributed by atoms with E-state index in [4.69, 9.17) is 4.74 Å².